The van der Waals surface area contributed by atoms with Crippen molar-refractivity contribution in [2.75, 3.05) is 37.7 Å². The Balaban J connectivity index is 1.74. The molecular formula is C35H51N3O5S. The molecule has 3 fully saturated rings. The van der Waals surface area contributed by atoms with E-state index in [9.17, 15) is 19.5 Å². The fraction of sp³-hybridized carbons (Fsp3) is 0.629. The second-order valence-electron chi connectivity index (χ2n) is 13.5. The number of thioether (sulfide) groups is 1. The van der Waals surface area contributed by atoms with Gasteiger partial charge in [-0.25, -0.2) is 0 Å². The minimum atomic E-state index is -0.683. The summed E-state index contributed by atoms with van der Waals surface area (Å²) in [7, 11) is 0. The Kier molecular flexibility index (Phi) is 10.6. The third kappa shape index (κ3) is 6.19. The molecule has 0 aromatic heterocycles. The third-order valence-electron chi connectivity index (χ3n) is 9.51. The van der Waals surface area contributed by atoms with Gasteiger partial charge >= 0.3 is 0 Å². The predicted molar refractivity (Wildman–Crippen MR) is 178 cm³/mol. The van der Waals surface area contributed by atoms with Crippen molar-refractivity contribution in [2.24, 2.45) is 11.8 Å². The molecule has 3 aliphatic rings. The maximum atomic E-state index is 14.7. The molecule has 2 bridgehead atoms. The topological polar surface area (TPSA) is 90.4 Å². The molecule has 1 spiro atoms. The van der Waals surface area contributed by atoms with Gasteiger partial charge in [0.1, 0.15) is 11.8 Å². The lowest BCUT2D eigenvalue weighted by atomic mass is 9.66. The summed E-state index contributed by atoms with van der Waals surface area (Å²) >= 11 is 1.70. The molecule has 4 rings (SSSR count). The molecule has 9 heteroatoms. The number of nitrogens with zero attached hydrogens (tertiary/aromatic N) is 3. The second-order valence-corrected chi connectivity index (χ2v) is 15.4. The first-order chi connectivity index (χ1) is 20.9. The fourth-order valence-electron chi connectivity index (χ4n) is 7.55. The SMILES string of the molecule is C=CCN(C(=O)[C@@H]1[C@H]2C(=O)N(CCCCCCO)C(C(=O)N(CC=C)C(C)(C)C)C23CC[C@@]1(C)S3)c1ccc(OCC)cc1. The number of anilines is 1. The maximum Gasteiger partial charge on any atom is 0.247 e. The minimum Gasteiger partial charge on any atom is -0.494 e. The molecule has 242 valence electrons. The van der Waals surface area contributed by atoms with Gasteiger partial charge in [0.2, 0.25) is 17.7 Å². The first kappa shape index (κ1) is 34.1. The molecule has 44 heavy (non-hydrogen) atoms. The van der Waals surface area contributed by atoms with Crippen LogP contribution in [0.15, 0.2) is 49.6 Å². The van der Waals surface area contributed by atoms with Crippen LogP contribution in [0.5, 0.6) is 5.75 Å². The van der Waals surface area contributed by atoms with Crippen molar-refractivity contribution >= 4 is 35.2 Å². The van der Waals surface area contributed by atoms with E-state index in [1.165, 1.54) is 0 Å². The highest BCUT2D eigenvalue weighted by Gasteiger charge is 2.77. The number of ether oxygens (including phenoxy) is 1. The zero-order chi connectivity index (χ0) is 32.3. The zero-order valence-corrected chi connectivity index (χ0v) is 28.0. The number of carbonyl (C=O) groups excluding carboxylic acids is 3. The molecule has 5 atom stereocenters. The minimum absolute atomic E-state index is 0.0667. The van der Waals surface area contributed by atoms with Crippen molar-refractivity contribution in [3.63, 3.8) is 0 Å². The highest BCUT2D eigenvalue weighted by atomic mass is 32.2. The molecule has 2 unspecified atom stereocenters. The van der Waals surface area contributed by atoms with E-state index < -0.39 is 32.9 Å². The summed E-state index contributed by atoms with van der Waals surface area (Å²) < 4.78 is 4.46. The van der Waals surface area contributed by atoms with E-state index in [4.69, 9.17) is 4.74 Å². The van der Waals surface area contributed by atoms with E-state index in [2.05, 4.69) is 20.1 Å². The Morgan fingerprint density at radius 1 is 1.07 bits per heavy atom. The monoisotopic (exact) mass is 625 g/mol. The van der Waals surface area contributed by atoms with Gasteiger partial charge in [0, 0.05) is 42.2 Å². The number of amides is 3. The van der Waals surface area contributed by atoms with Crippen molar-refractivity contribution in [3.05, 3.63) is 49.6 Å². The normalized spacial score (nSPS) is 27.3. The van der Waals surface area contributed by atoms with Crippen molar-refractivity contribution in [3.8, 4) is 5.75 Å². The molecular weight excluding hydrogens is 574 g/mol. The smallest absolute Gasteiger partial charge is 0.247 e. The molecule has 3 aliphatic heterocycles. The number of aliphatic hydroxyl groups is 1. The number of hydrogen-bond donors (Lipinski definition) is 1. The van der Waals surface area contributed by atoms with Gasteiger partial charge in [-0.3, -0.25) is 14.4 Å². The number of hydrogen-bond acceptors (Lipinski definition) is 6. The number of benzene rings is 1. The number of rotatable bonds is 15. The lowest BCUT2D eigenvalue weighted by Crippen LogP contribution is -2.59. The van der Waals surface area contributed by atoms with Gasteiger partial charge in [-0.2, -0.15) is 0 Å². The standard InChI is InChI=1S/C35H51N3O5S/c1-8-21-36(25-15-17-26(18-16-25)43-10-3)30(40)27-28-31(41)37(23-13-11-12-14-24-39)29(35(28)20-19-34(27,7)44-35)32(42)38(22-9-2)33(4,5)6/h8-9,15-18,27-29,39H,1-2,10-14,19-24H2,3-7H3/t27-,28-,29?,34+,35?/m0/s1. The van der Waals surface area contributed by atoms with Crippen LogP contribution in [0.2, 0.25) is 0 Å². The second kappa shape index (κ2) is 13.7. The quantitative estimate of drug-likeness (QED) is 0.206. The van der Waals surface area contributed by atoms with E-state index in [0.29, 0.717) is 32.7 Å². The van der Waals surface area contributed by atoms with E-state index in [1.807, 2.05) is 56.9 Å². The van der Waals surface area contributed by atoms with Crippen LogP contribution >= 0.6 is 11.8 Å². The van der Waals surface area contributed by atoms with Gasteiger partial charge < -0.3 is 24.5 Å². The van der Waals surface area contributed by atoms with E-state index in [0.717, 1.165) is 43.5 Å². The highest BCUT2D eigenvalue weighted by molar-refractivity contribution is 8.02. The van der Waals surface area contributed by atoms with Gasteiger partial charge in [-0.15, -0.1) is 24.9 Å². The van der Waals surface area contributed by atoms with Gasteiger partial charge in [-0.05, 0) is 84.6 Å². The van der Waals surface area contributed by atoms with Crippen molar-refractivity contribution in [1.29, 1.82) is 0 Å². The molecule has 3 amide bonds. The maximum absolute atomic E-state index is 14.7. The molecule has 1 N–H and O–H groups in total. The first-order valence-electron chi connectivity index (χ1n) is 16.1. The van der Waals surface area contributed by atoms with Crippen LogP contribution in [0.4, 0.5) is 5.69 Å². The third-order valence-corrected chi connectivity index (χ3v) is 11.5. The van der Waals surface area contributed by atoms with Crippen LogP contribution in [0.3, 0.4) is 0 Å². The van der Waals surface area contributed by atoms with Crippen LogP contribution in [0.1, 0.15) is 73.1 Å². The Labute approximate surface area is 267 Å². The van der Waals surface area contributed by atoms with Crippen LogP contribution in [-0.4, -0.2) is 86.6 Å². The Hall–Kier alpha value is -2.78. The molecule has 0 radical (unpaired) electrons. The number of likely N-dealkylation sites (tertiary alicyclic amines) is 1. The van der Waals surface area contributed by atoms with Crippen molar-refractivity contribution in [2.45, 2.75) is 94.2 Å². The predicted octanol–water partition coefficient (Wildman–Crippen LogP) is 5.45. The first-order valence-corrected chi connectivity index (χ1v) is 16.9. The molecule has 0 saturated carbocycles. The Morgan fingerprint density at radius 2 is 1.73 bits per heavy atom. The molecule has 8 nitrogen and oxygen atoms in total. The van der Waals surface area contributed by atoms with Gasteiger partial charge in [-0.1, -0.05) is 25.0 Å². The molecule has 1 aromatic carbocycles. The summed E-state index contributed by atoms with van der Waals surface area (Å²) in [5, 5.41) is 9.24. The summed E-state index contributed by atoms with van der Waals surface area (Å²) in [6, 6.07) is 6.82. The van der Waals surface area contributed by atoms with Gasteiger partial charge in [0.05, 0.1) is 23.2 Å². The van der Waals surface area contributed by atoms with Gasteiger partial charge in [0.25, 0.3) is 0 Å². The van der Waals surface area contributed by atoms with Crippen molar-refractivity contribution in [1.82, 2.24) is 9.80 Å². The number of unbranched alkanes of at least 4 members (excludes halogenated alkanes) is 3. The van der Waals surface area contributed by atoms with Crippen LogP contribution in [0, 0.1) is 11.8 Å². The van der Waals surface area contributed by atoms with E-state index >= 15 is 0 Å². The van der Waals surface area contributed by atoms with E-state index in [-0.39, 0.29) is 24.3 Å². The molecule has 1 aromatic rings. The fourth-order valence-corrected chi connectivity index (χ4v) is 9.89. The Bertz CT molecular complexity index is 1230. The highest BCUT2D eigenvalue weighted by Crippen LogP contribution is 2.71. The van der Waals surface area contributed by atoms with Crippen LogP contribution < -0.4 is 9.64 Å². The lowest BCUT2D eigenvalue weighted by Gasteiger charge is -2.42. The summed E-state index contributed by atoms with van der Waals surface area (Å²) in [5.41, 5.74) is 0.262. The summed E-state index contributed by atoms with van der Waals surface area (Å²) in [6.07, 6.45) is 8.10. The summed E-state index contributed by atoms with van der Waals surface area (Å²) in [6.45, 7) is 19.7. The molecule has 3 saturated heterocycles. The number of aliphatic hydroxyl groups excluding tert-OH is 1. The Morgan fingerprint density at radius 3 is 2.32 bits per heavy atom. The average molecular weight is 626 g/mol. The molecule has 3 heterocycles. The van der Waals surface area contributed by atoms with Crippen molar-refractivity contribution < 1.29 is 24.2 Å². The largest absolute Gasteiger partial charge is 0.494 e. The zero-order valence-electron chi connectivity index (χ0n) is 27.2. The number of carbonyl (C=O) groups is 3. The van der Waals surface area contributed by atoms with Crippen LogP contribution in [0.25, 0.3) is 0 Å². The van der Waals surface area contributed by atoms with Gasteiger partial charge in [0.15, 0.2) is 0 Å². The summed E-state index contributed by atoms with van der Waals surface area (Å²) in [5.74, 6) is -0.684. The number of fused-ring (bicyclic) bond motifs is 1. The van der Waals surface area contributed by atoms with Crippen LogP contribution in [-0.2, 0) is 14.4 Å². The average Bonchev–Trinajstić information content (AvgIpc) is 3.54. The van der Waals surface area contributed by atoms with E-state index in [1.54, 1.807) is 33.7 Å². The molecule has 0 aliphatic carbocycles. The summed E-state index contributed by atoms with van der Waals surface area (Å²) in [4.78, 5) is 49.3. The lowest BCUT2D eigenvalue weighted by molar-refractivity contribution is -0.145.